The standard InChI is InChI=1S/C16H16ClNOS/c1-2-10-7-8-20-16(10)15(17)12-3-5-13-11(9-12)4-6-14(19)18-13/h3,5,7-9,15H,2,4,6H2,1H3,(H,18,19). The van der Waals surface area contributed by atoms with Crippen LogP contribution in [-0.2, 0) is 17.6 Å². The van der Waals surface area contributed by atoms with E-state index in [1.165, 1.54) is 16.0 Å². The van der Waals surface area contributed by atoms with Gasteiger partial charge in [-0.2, -0.15) is 0 Å². The normalized spacial score (nSPS) is 15.6. The van der Waals surface area contributed by atoms with Crippen molar-refractivity contribution in [2.45, 2.75) is 31.6 Å². The van der Waals surface area contributed by atoms with Crippen molar-refractivity contribution in [1.82, 2.24) is 0 Å². The molecule has 0 spiro atoms. The predicted octanol–water partition coefficient (Wildman–Crippen LogP) is 4.52. The average Bonchev–Trinajstić information content (AvgIpc) is 2.94. The molecule has 2 heterocycles. The lowest BCUT2D eigenvalue weighted by molar-refractivity contribution is -0.116. The molecule has 104 valence electrons. The van der Waals surface area contributed by atoms with E-state index in [2.05, 4.69) is 29.8 Å². The first-order valence-electron chi connectivity index (χ1n) is 6.82. The Morgan fingerprint density at radius 2 is 2.20 bits per heavy atom. The summed E-state index contributed by atoms with van der Waals surface area (Å²) in [7, 11) is 0. The number of hydrogen-bond donors (Lipinski definition) is 1. The number of nitrogens with one attached hydrogen (secondary N) is 1. The maximum atomic E-state index is 11.4. The molecule has 1 aliphatic heterocycles. The summed E-state index contributed by atoms with van der Waals surface area (Å²) >= 11 is 8.36. The molecule has 0 aliphatic carbocycles. The molecule has 0 bridgehead atoms. The van der Waals surface area contributed by atoms with Crippen LogP contribution in [0.1, 0.15) is 40.3 Å². The number of hydrogen-bond acceptors (Lipinski definition) is 2. The first-order valence-corrected chi connectivity index (χ1v) is 8.13. The van der Waals surface area contributed by atoms with Gasteiger partial charge < -0.3 is 5.32 Å². The van der Waals surface area contributed by atoms with Crippen LogP contribution in [0.15, 0.2) is 29.6 Å². The van der Waals surface area contributed by atoms with Crippen LogP contribution in [0, 0.1) is 0 Å². The highest BCUT2D eigenvalue weighted by Crippen LogP contribution is 2.37. The zero-order chi connectivity index (χ0) is 14.1. The lowest BCUT2D eigenvalue weighted by Gasteiger charge is -2.19. The number of carbonyl (C=O) groups excluding carboxylic acids is 1. The lowest BCUT2D eigenvalue weighted by atomic mass is 9.98. The zero-order valence-electron chi connectivity index (χ0n) is 11.3. The first-order chi connectivity index (χ1) is 9.69. The van der Waals surface area contributed by atoms with Crippen molar-refractivity contribution in [3.63, 3.8) is 0 Å². The topological polar surface area (TPSA) is 29.1 Å². The van der Waals surface area contributed by atoms with Crippen LogP contribution < -0.4 is 5.32 Å². The molecular weight excluding hydrogens is 290 g/mol. The van der Waals surface area contributed by atoms with Gasteiger partial charge in [-0.3, -0.25) is 4.79 Å². The number of carbonyl (C=O) groups is 1. The van der Waals surface area contributed by atoms with Gasteiger partial charge in [0.15, 0.2) is 0 Å². The largest absolute Gasteiger partial charge is 0.326 e. The highest BCUT2D eigenvalue weighted by Gasteiger charge is 2.19. The van der Waals surface area contributed by atoms with Gasteiger partial charge in [0, 0.05) is 17.0 Å². The lowest BCUT2D eigenvalue weighted by Crippen LogP contribution is -2.19. The highest BCUT2D eigenvalue weighted by molar-refractivity contribution is 7.10. The van der Waals surface area contributed by atoms with Crippen LogP contribution in [0.25, 0.3) is 0 Å². The Morgan fingerprint density at radius 3 is 3.00 bits per heavy atom. The van der Waals surface area contributed by atoms with Crippen molar-refractivity contribution in [1.29, 1.82) is 0 Å². The van der Waals surface area contributed by atoms with E-state index in [-0.39, 0.29) is 11.3 Å². The van der Waals surface area contributed by atoms with Crippen LogP contribution in [0.5, 0.6) is 0 Å². The van der Waals surface area contributed by atoms with Crippen molar-refractivity contribution in [3.05, 3.63) is 51.2 Å². The Bertz CT molecular complexity index is 650. The minimum Gasteiger partial charge on any atom is -0.326 e. The van der Waals surface area contributed by atoms with Gasteiger partial charge in [0.25, 0.3) is 0 Å². The number of fused-ring (bicyclic) bond motifs is 1. The Labute approximate surface area is 127 Å². The van der Waals surface area contributed by atoms with Gasteiger partial charge >= 0.3 is 0 Å². The summed E-state index contributed by atoms with van der Waals surface area (Å²) in [5.41, 5.74) is 4.54. The number of benzene rings is 1. The molecule has 0 saturated heterocycles. The summed E-state index contributed by atoms with van der Waals surface area (Å²) in [6, 6.07) is 8.26. The number of aryl methyl sites for hydroxylation is 2. The second kappa shape index (κ2) is 5.58. The van der Waals surface area contributed by atoms with E-state index in [0.717, 1.165) is 24.1 Å². The van der Waals surface area contributed by atoms with Crippen LogP contribution in [0.2, 0.25) is 0 Å². The fraction of sp³-hybridized carbons (Fsp3) is 0.312. The van der Waals surface area contributed by atoms with Gasteiger partial charge in [0.1, 0.15) is 0 Å². The molecule has 1 aliphatic rings. The van der Waals surface area contributed by atoms with Gasteiger partial charge in [-0.05, 0) is 47.0 Å². The smallest absolute Gasteiger partial charge is 0.224 e. The molecule has 1 unspecified atom stereocenters. The predicted molar refractivity (Wildman–Crippen MR) is 84.8 cm³/mol. The summed E-state index contributed by atoms with van der Waals surface area (Å²) in [4.78, 5) is 12.6. The number of rotatable bonds is 3. The molecule has 0 radical (unpaired) electrons. The monoisotopic (exact) mass is 305 g/mol. The number of halogens is 1. The number of thiophene rings is 1. The van der Waals surface area contributed by atoms with E-state index in [4.69, 9.17) is 11.6 Å². The quantitative estimate of drug-likeness (QED) is 0.830. The Morgan fingerprint density at radius 1 is 1.35 bits per heavy atom. The highest BCUT2D eigenvalue weighted by atomic mass is 35.5. The van der Waals surface area contributed by atoms with E-state index in [1.54, 1.807) is 11.3 Å². The summed E-state index contributed by atoms with van der Waals surface area (Å²) in [5, 5.41) is 4.90. The molecule has 20 heavy (non-hydrogen) atoms. The van der Waals surface area contributed by atoms with E-state index in [9.17, 15) is 4.79 Å². The van der Waals surface area contributed by atoms with Crippen LogP contribution in [0.4, 0.5) is 5.69 Å². The number of anilines is 1. The minimum absolute atomic E-state index is 0.0965. The van der Waals surface area contributed by atoms with Gasteiger partial charge in [0.05, 0.1) is 5.38 Å². The van der Waals surface area contributed by atoms with E-state index >= 15 is 0 Å². The SMILES string of the molecule is CCc1ccsc1C(Cl)c1ccc2c(c1)CCC(=O)N2. The van der Waals surface area contributed by atoms with Crippen molar-refractivity contribution in [2.24, 2.45) is 0 Å². The molecule has 1 aromatic carbocycles. The molecule has 3 rings (SSSR count). The van der Waals surface area contributed by atoms with E-state index < -0.39 is 0 Å². The molecule has 1 amide bonds. The maximum Gasteiger partial charge on any atom is 0.224 e. The van der Waals surface area contributed by atoms with Crippen LogP contribution >= 0.6 is 22.9 Å². The molecule has 1 atom stereocenters. The number of amides is 1. The second-order valence-corrected chi connectivity index (χ2v) is 6.38. The fourth-order valence-corrected chi connectivity index (χ4v) is 4.00. The van der Waals surface area contributed by atoms with Crippen molar-refractivity contribution < 1.29 is 4.79 Å². The molecule has 1 aromatic heterocycles. The average molecular weight is 306 g/mol. The Kier molecular flexibility index (Phi) is 3.81. The minimum atomic E-state index is -0.104. The Hall–Kier alpha value is -1.32. The third-order valence-corrected chi connectivity index (χ3v) is 5.33. The van der Waals surface area contributed by atoms with Crippen LogP contribution in [-0.4, -0.2) is 5.91 Å². The summed E-state index contributed by atoms with van der Waals surface area (Å²) < 4.78 is 0. The summed E-state index contributed by atoms with van der Waals surface area (Å²) in [6.07, 6.45) is 2.36. The summed E-state index contributed by atoms with van der Waals surface area (Å²) in [6.45, 7) is 2.15. The van der Waals surface area contributed by atoms with Crippen molar-refractivity contribution >= 4 is 34.5 Å². The van der Waals surface area contributed by atoms with E-state index in [1.807, 2.05) is 12.1 Å². The Balaban J connectivity index is 1.93. The van der Waals surface area contributed by atoms with Crippen LogP contribution in [0.3, 0.4) is 0 Å². The fourth-order valence-electron chi connectivity index (χ4n) is 2.57. The molecule has 2 nitrogen and oxygen atoms in total. The zero-order valence-corrected chi connectivity index (χ0v) is 12.9. The second-order valence-electron chi connectivity index (χ2n) is 4.99. The molecular formula is C16H16ClNOS. The van der Waals surface area contributed by atoms with Crippen molar-refractivity contribution in [3.8, 4) is 0 Å². The maximum absolute atomic E-state index is 11.4. The summed E-state index contributed by atoms with van der Waals surface area (Å²) in [5.74, 6) is 0.0965. The molecule has 1 N–H and O–H groups in total. The molecule has 4 heteroatoms. The third kappa shape index (κ3) is 2.48. The van der Waals surface area contributed by atoms with E-state index in [0.29, 0.717) is 6.42 Å². The number of alkyl halides is 1. The third-order valence-electron chi connectivity index (χ3n) is 3.71. The first kappa shape index (κ1) is 13.7. The molecule has 2 aromatic rings. The molecule has 0 fully saturated rings. The molecule has 0 saturated carbocycles. The van der Waals surface area contributed by atoms with Gasteiger partial charge in [-0.25, -0.2) is 0 Å². The van der Waals surface area contributed by atoms with Gasteiger partial charge in [-0.15, -0.1) is 22.9 Å². The van der Waals surface area contributed by atoms with Gasteiger partial charge in [0.2, 0.25) is 5.91 Å². The van der Waals surface area contributed by atoms with Crippen molar-refractivity contribution in [2.75, 3.05) is 5.32 Å². The van der Waals surface area contributed by atoms with Gasteiger partial charge in [-0.1, -0.05) is 19.1 Å².